The lowest BCUT2D eigenvalue weighted by molar-refractivity contribution is -0.140. The van der Waals surface area contributed by atoms with Gasteiger partial charge in [0.2, 0.25) is 11.8 Å². The lowest BCUT2D eigenvalue weighted by Crippen LogP contribution is -2.44. The fourth-order valence-electron chi connectivity index (χ4n) is 3.43. The Morgan fingerprint density at radius 1 is 1.11 bits per heavy atom. The Morgan fingerprint density at radius 3 is 2.48 bits per heavy atom. The number of piperidine rings is 1. The molecule has 2 atom stereocenters. The lowest BCUT2D eigenvalue weighted by atomic mass is 9.84. The minimum absolute atomic E-state index is 0.0630. The van der Waals surface area contributed by atoms with Gasteiger partial charge in [-0.3, -0.25) is 9.59 Å². The van der Waals surface area contributed by atoms with Crippen LogP contribution >= 0.6 is 0 Å². The average molecular weight is 376 g/mol. The molecule has 1 saturated heterocycles. The predicted molar refractivity (Wildman–Crippen MR) is 94.8 cm³/mol. The molecule has 2 amide bonds. The van der Waals surface area contributed by atoms with Crippen molar-refractivity contribution < 1.29 is 22.8 Å². The molecule has 7 heteroatoms. The van der Waals surface area contributed by atoms with E-state index in [4.69, 9.17) is 0 Å². The number of hydrogen-bond acceptors (Lipinski definition) is 2. The van der Waals surface area contributed by atoms with Crippen LogP contribution in [0.3, 0.4) is 0 Å². The molecule has 1 aliphatic heterocycles. The van der Waals surface area contributed by atoms with Crippen LogP contribution in [-0.4, -0.2) is 23.8 Å². The van der Waals surface area contributed by atoms with Gasteiger partial charge < -0.3 is 10.2 Å². The topological polar surface area (TPSA) is 49.4 Å². The fourth-order valence-corrected chi connectivity index (χ4v) is 3.43. The van der Waals surface area contributed by atoms with E-state index in [9.17, 15) is 22.8 Å². The van der Waals surface area contributed by atoms with Crippen molar-refractivity contribution in [1.82, 2.24) is 4.90 Å². The summed E-state index contributed by atoms with van der Waals surface area (Å²) in [7, 11) is 1.64. The highest BCUT2D eigenvalue weighted by Crippen LogP contribution is 2.37. The molecule has 142 valence electrons. The third kappa shape index (κ3) is 4.13. The Hall–Kier alpha value is -2.83. The number of rotatable bonds is 3. The van der Waals surface area contributed by atoms with E-state index in [0.29, 0.717) is 6.42 Å². The quantitative estimate of drug-likeness (QED) is 0.871. The molecule has 3 rings (SSSR count). The van der Waals surface area contributed by atoms with E-state index in [1.54, 1.807) is 7.05 Å². The van der Waals surface area contributed by atoms with Crippen molar-refractivity contribution in [2.45, 2.75) is 25.1 Å². The number of benzene rings is 2. The number of alkyl halides is 3. The molecule has 0 aromatic heterocycles. The van der Waals surface area contributed by atoms with Gasteiger partial charge in [0.1, 0.15) is 0 Å². The Kier molecular flexibility index (Phi) is 5.21. The molecule has 1 heterocycles. The van der Waals surface area contributed by atoms with Gasteiger partial charge in [-0.1, -0.05) is 36.4 Å². The number of nitrogens with one attached hydrogen (secondary N) is 1. The molecule has 4 nitrogen and oxygen atoms in total. The second-order valence-corrected chi connectivity index (χ2v) is 6.57. The summed E-state index contributed by atoms with van der Waals surface area (Å²) in [6.45, 7) is 0. The van der Waals surface area contributed by atoms with Crippen LogP contribution in [0.5, 0.6) is 0 Å². The molecule has 1 aliphatic rings. The molecule has 1 N–H and O–H groups in total. The summed E-state index contributed by atoms with van der Waals surface area (Å²) in [5.74, 6) is -1.01. The normalized spacial score (nSPS) is 20.4. The maximum Gasteiger partial charge on any atom is 0.416 e. The van der Waals surface area contributed by atoms with Crippen molar-refractivity contribution in [2.24, 2.45) is 5.92 Å². The third-order valence-electron chi connectivity index (χ3n) is 4.80. The van der Waals surface area contributed by atoms with Crippen molar-refractivity contribution in [3.8, 4) is 0 Å². The Morgan fingerprint density at radius 2 is 1.81 bits per heavy atom. The monoisotopic (exact) mass is 376 g/mol. The van der Waals surface area contributed by atoms with Crippen LogP contribution in [-0.2, 0) is 15.8 Å². The second kappa shape index (κ2) is 7.42. The highest BCUT2D eigenvalue weighted by Gasteiger charge is 2.39. The summed E-state index contributed by atoms with van der Waals surface area (Å²) in [5, 5.41) is 2.58. The molecule has 2 aromatic rings. The average Bonchev–Trinajstić information content (AvgIpc) is 2.64. The Bertz CT molecular complexity index is 837. The number of anilines is 1. The summed E-state index contributed by atoms with van der Waals surface area (Å²) < 4.78 is 38.6. The Balaban J connectivity index is 1.85. The van der Waals surface area contributed by atoms with Gasteiger partial charge in [-0.25, -0.2) is 0 Å². The van der Waals surface area contributed by atoms with Crippen LogP contribution in [0, 0.1) is 5.92 Å². The fraction of sp³-hybridized carbons (Fsp3) is 0.300. The van der Waals surface area contributed by atoms with Gasteiger partial charge in [0.25, 0.3) is 0 Å². The van der Waals surface area contributed by atoms with Crippen molar-refractivity contribution in [2.75, 3.05) is 12.4 Å². The van der Waals surface area contributed by atoms with Gasteiger partial charge in [-0.2, -0.15) is 13.2 Å². The summed E-state index contributed by atoms with van der Waals surface area (Å²) >= 11 is 0. The maximum atomic E-state index is 12.9. The molecule has 1 fully saturated rings. The standard InChI is InChI=1S/C20H19F3N2O2/c1-25-17(26)11-10-16(18(25)13-6-3-2-4-7-13)19(27)24-15-9-5-8-14(12-15)20(21,22)23/h2-9,12,16,18H,10-11H2,1H3,(H,24,27)/t16-,18+/m1/s1. The van der Waals surface area contributed by atoms with E-state index >= 15 is 0 Å². The van der Waals surface area contributed by atoms with Crippen LogP contribution < -0.4 is 5.32 Å². The first-order valence-electron chi connectivity index (χ1n) is 8.56. The third-order valence-corrected chi connectivity index (χ3v) is 4.80. The van der Waals surface area contributed by atoms with Gasteiger partial charge in [-0.05, 0) is 30.2 Å². The highest BCUT2D eigenvalue weighted by molar-refractivity contribution is 5.94. The number of amides is 2. The van der Waals surface area contributed by atoms with Crippen molar-refractivity contribution >= 4 is 17.5 Å². The zero-order chi connectivity index (χ0) is 19.6. The van der Waals surface area contributed by atoms with E-state index in [0.717, 1.165) is 17.7 Å². The molecular weight excluding hydrogens is 357 g/mol. The maximum absolute atomic E-state index is 12.9. The number of hydrogen-bond donors (Lipinski definition) is 1. The zero-order valence-electron chi connectivity index (χ0n) is 14.7. The smallest absolute Gasteiger partial charge is 0.338 e. The first kappa shape index (κ1) is 18.9. The summed E-state index contributed by atoms with van der Waals surface area (Å²) in [6, 6.07) is 13.2. The number of carbonyl (C=O) groups excluding carboxylic acids is 2. The predicted octanol–water partition coefficient (Wildman–Crippen LogP) is 4.25. The minimum atomic E-state index is -4.48. The van der Waals surface area contributed by atoms with Crippen LogP contribution in [0.4, 0.5) is 18.9 Å². The zero-order valence-corrected chi connectivity index (χ0v) is 14.7. The Labute approximate surface area is 155 Å². The van der Waals surface area contributed by atoms with Gasteiger partial charge in [0.05, 0.1) is 17.5 Å². The van der Waals surface area contributed by atoms with Crippen LogP contribution in [0.2, 0.25) is 0 Å². The number of nitrogens with zero attached hydrogens (tertiary/aromatic N) is 1. The van der Waals surface area contributed by atoms with E-state index < -0.39 is 29.6 Å². The molecule has 0 saturated carbocycles. The number of carbonyl (C=O) groups is 2. The first-order chi connectivity index (χ1) is 12.8. The molecule has 0 unspecified atom stereocenters. The van der Waals surface area contributed by atoms with Crippen molar-refractivity contribution in [1.29, 1.82) is 0 Å². The largest absolute Gasteiger partial charge is 0.416 e. The summed E-state index contributed by atoms with van der Waals surface area (Å²) in [4.78, 5) is 26.5. The molecule has 27 heavy (non-hydrogen) atoms. The molecule has 0 aliphatic carbocycles. The number of halogens is 3. The summed E-state index contributed by atoms with van der Waals surface area (Å²) in [5.41, 5.74) is 0.0780. The summed E-state index contributed by atoms with van der Waals surface area (Å²) in [6.07, 6.45) is -3.92. The molecule has 0 spiro atoms. The first-order valence-corrected chi connectivity index (χ1v) is 8.56. The molecule has 0 bridgehead atoms. The van der Waals surface area contributed by atoms with Crippen LogP contribution in [0.1, 0.15) is 30.0 Å². The van der Waals surface area contributed by atoms with Crippen LogP contribution in [0.25, 0.3) is 0 Å². The highest BCUT2D eigenvalue weighted by atomic mass is 19.4. The van der Waals surface area contributed by atoms with Crippen LogP contribution in [0.15, 0.2) is 54.6 Å². The molecule has 0 radical (unpaired) electrons. The van der Waals surface area contributed by atoms with E-state index in [2.05, 4.69) is 5.32 Å². The van der Waals surface area contributed by atoms with Crippen molar-refractivity contribution in [3.05, 3.63) is 65.7 Å². The second-order valence-electron chi connectivity index (χ2n) is 6.57. The van der Waals surface area contributed by atoms with Gasteiger partial charge in [0.15, 0.2) is 0 Å². The van der Waals surface area contributed by atoms with Gasteiger partial charge in [-0.15, -0.1) is 0 Å². The SMILES string of the molecule is CN1C(=O)CC[C@@H](C(=O)Nc2cccc(C(F)(F)F)c2)[C@@H]1c1ccccc1. The van der Waals surface area contributed by atoms with E-state index in [1.165, 1.54) is 17.0 Å². The van der Waals surface area contributed by atoms with Gasteiger partial charge >= 0.3 is 6.18 Å². The van der Waals surface area contributed by atoms with E-state index in [-0.39, 0.29) is 18.0 Å². The number of likely N-dealkylation sites (tertiary alicyclic amines) is 1. The van der Waals surface area contributed by atoms with Crippen molar-refractivity contribution in [3.63, 3.8) is 0 Å². The minimum Gasteiger partial charge on any atom is -0.338 e. The molecular formula is C20H19F3N2O2. The molecule has 2 aromatic carbocycles. The van der Waals surface area contributed by atoms with Gasteiger partial charge in [0, 0.05) is 19.2 Å². The lowest BCUT2D eigenvalue weighted by Gasteiger charge is -2.38. The van der Waals surface area contributed by atoms with E-state index in [1.807, 2.05) is 30.3 Å².